The lowest BCUT2D eigenvalue weighted by Crippen LogP contribution is -2.41. The van der Waals surface area contributed by atoms with Gasteiger partial charge in [0.15, 0.2) is 0 Å². The summed E-state index contributed by atoms with van der Waals surface area (Å²) in [6, 6.07) is -0.423. The Labute approximate surface area is 169 Å². The van der Waals surface area contributed by atoms with Crippen LogP contribution in [0.5, 0.6) is 0 Å². The molecule has 2 amide bonds. The predicted molar refractivity (Wildman–Crippen MR) is 111 cm³/mol. The highest BCUT2D eigenvalue weighted by atomic mass is 32.2. The van der Waals surface area contributed by atoms with E-state index in [-0.39, 0.29) is 5.91 Å². The molecule has 0 N–H and O–H groups in total. The standard InChI is InChI=1S/C21H34N2O4S/c1-4-6-7-8-9-10-11-12-14-19(24)22-16-15-18-20(22)17(13-5-2)21(25)23(18)28(3,26)27/h4,15,17,20H,1,5-14,16H2,2-3H3/t17-,20-/m1/s1. The molecule has 2 aliphatic rings. The Kier molecular flexibility index (Phi) is 8.28. The molecule has 158 valence electrons. The summed E-state index contributed by atoms with van der Waals surface area (Å²) >= 11 is 0. The van der Waals surface area contributed by atoms with Gasteiger partial charge < -0.3 is 4.90 Å². The molecule has 0 unspecified atom stereocenters. The third kappa shape index (κ3) is 5.25. The lowest BCUT2D eigenvalue weighted by atomic mass is 9.95. The molecule has 2 heterocycles. The van der Waals surface area contributed by atoms with Crippen LogP contribution in [0.2, 0.25) is 0 Å². The van der Waals surface area contributed by atoms with E-state index in [0.29, 0.717) is 25.1 Å². The minimum Gasteiger partial charge on any atom is -0.330 e. The molecule has 0 bridgehead atoms. The van der Waals surface area contributed by atoms with Crippen LogP contribution in [0, 0.1) is 5.92 Å². The van der Waals surface area contributed by atoms with Gasteiger partial charge in [-0.15, -0.1) is 6.58 Å². The summed E-state index contributed by atoms with van der Waals surface area (Å²) < 4.78 is 25.1. The Hall–Kier alpha value is -1.63. The van der Waals surface area contributed by atoms with Crippen molar-refractivity contribution in [1.82, 2.24) is 9.21 Å². The van der Waals surface area contributed by atoms with E-state index in [1.165, 1.54) is 19.3 Å². The number of carbonyl (C=O) groups is 2. The Morgan fingerprint density at radius 1 is 1.21 bits per heavy atom. The molecule has 1 fully saturated rings. The third-order valence-corrected chi connectivity index (χ3v) is 6.62. The van der Waals surface area contributed by atoms with E-state index in [0.717, 1.165) is 42.7 Å². The van der Waals surface area contributed by atoms with Crippen molar-refractivity contribution in [2.45, 2.75) is 77.2 Å². The van der Waals surface area contributed by atoms with Gasteiger partial charge in [0.1, 0.15) is 0 Å². The van der Waals surface area contributed by atoms with Gasteiger partial charge in [0.25, 0.3) is 0 Å². The molecule has 2 rings (SSSR count). The highest BCUT2D eigenvalue weighted by Gasteiger charge is 2.53. The molecule has 0 aromatic rings. The van der Waals surface area contributed by atoms with Crippen molar-refractivity contribution < 1.29 is 18.0 Å². The molecule has 6 nitrogen and oxygen atoms in total. The van der Waals surface area contributed by atoms with Crippen LogP contribution in [0.4, 0.5) is 0 Å². The van der Waals surface area contributed by atoms with Crippen LogP contribution >= 0.6 is 0 Å². The molecular formula is C21H34N2O4S. The number of fused-ring (bicyclic) bond motifs is 1. The second-order valence-corrected chi connectivity index (χ2v) is 9.66. The zero-order valence-electron chi connectivity index (χ0n) is 17.2. The molecule has 0 aromatic heterocycles. The summed E-state index contributed by atoms with van der Waals surface area (Å²) in [5.74, 6) is -0.827. The van der Waals surface area contributed by atoms with Crippen LogP contribution in [-0.4, -0.2) is 48.3 Å². The molecule has 2 aliphatic heterocycles. The summed E-state index contributed by atoms with van der Waals surface area (Å²) in [7, 11) is -3.67. The maximum atomic E-state index is 12.8. The number of carbonyl (C=O) groups excluding carboxylic acids is 2. The number of unbranched alkanes of at least 4 members (excludes halogenated alkanes) is 6. The molecule has 0 radical (unpaired) electrons. The molecule has 0 aromatic carbocycles. The lowest BCUT2D eigenvalue weighted by Gasteiger charge is -2.27. The normalized spacial score (nSPS) is 21.8. The molecule has 0 spiro atoms. The summed E-state index contributed by atoms with van der Waals surface area (Å²) in [6.07, 6.45) is 14.1. The van der Waals surface area contributed by atoms with Gasteiger partial charge in [-0.3, -0.25) is 9.59 Å². The Bertz CT molecular complexity index is 714. The molecule has 28 heavy (non-hydrogen) atoms. The number of hydrogen-bond acceptors (Lipinski definition) is 4. The highest BCUT2D eigenvalue weighted by Crippen LogP contribution is 2.40. The van der Waals surface area contributed by atoms with Gasteiger partial charge in [0, 0.05) is 13.0 Å². The van der Waals surface area contributed by atoms with E-state index in [2.05, 4.69) is 6.58 Å². The van der Waals surface area contributed by atoms with Crippen LogP contribution in [0.1, 0.15) is 71.1 Å². The van der Waals surface area contributed by atoms with Crippen LogP contribution in [0.15, 0.2) is 24.4 Å². The summed E-state index contributed by atoms with van der Waals surface area (Å²) in [5.41, 5.74) is 0.474. The van der Waals surface area contributed by atoms with Gasteiger partial charge >= 0.3 is 0 Å². The number of amides is 2. The first-order chi connectivity index (χ1) is 13.3. The van der Waals surface area contributed by atoms with Crippen molar-refractivity contribution in [3.63, 3.8) is 0 Å². The first-order valence-electron chi connectivity index (χ1n) is 10.5. The molecule has 1 saturated heterocycles. The van der Waals surface area contributed by atoms with Gasteiger partial charge in [-0.25, -0.2) is 12.7 Å². The van der Waals surface area contributed by atoms with Crippen molar-refractivity contribution in [2.24, 2.45) is 5.92 Å². The molecule has 0 aliphatic carbocycles. The van der Waals surface area contributed by atoms with E-state index in [1.807, 2.05) is 13.0 Å². The fraction of sp³-hybridized carbons (Fsp3) is 0.714. The van der Waals surface area contributed by atoms with Crippen molar-refractivity contribution in [3.05, 3.63) is 24.4 Å². The largest absolute Gasteiger partial charge is 0.330 e. The number of rotatable bonds is 12. The van der Waals surface area contributed by atoms with Gasteiger partial charge in [-0.1, -0.05) is 45.1 Å². The molecule has 0 saturated carbocycles. The Morgan fingerprint density at radius 2 is 1.86 bits per heavy atom. The monoisotopic (exact) mass is 410 g/mol. The van der Waals surface area contributed by atoms with Crippen LogP contribution in [0.25, 0.3) is 0 Å². The number of hydrogen-bond donors (Lipinski definition) is 0. The van der Waals surface area contributed by atoms with Crippen LogP contribution in [-0.2, 0) is 19.6 Å². The maximum Gasteiger partial charge on any atom is 0.246 e. The third-order valence-electron chi connectivity index (χ3n) is 5.57. The molecule has 2 atom stereocenters. The maximum absolute atomic E-state index is 12.8. The van der Waals surface area contributed by atoms with Crippen LogP contribution < -0.4 is 0 Å². The lowest BCUT2D eigenvalue weighted by molar-refractivity contribution is -0.133. The summed E-state index contributed by atoms with van der Waals surface area (Å²) in [4.78, 5) is 27.2. The van der Waals surface area contributed by atoms with Crippen LogP contribution in [0.3, 0.4) is 0 Å². The average molecular weight is 411 g/mol. The minimum atomic E-state index is -3.67. The highest BCUT2D eigenvalue weighted by molar-refractivity contribution is 7.89. The van der Waals surface area contributed by atoms with Crippen molar-refractivity contribution in [2.75, 3.05) is 12.8 Å². The molecular weight excluding hydrogens is 376 g/mol. The first-order valence-corrected chi connectivity index (χ1v) is 12.3. The fourth-order valence-electron chi connectivity index (χ4n) is 4.24. The quantitative estimate of drug-likeness (QED) is 0.364. The van der Waals surface area contributed by atoms with Crippen molar-refractivity contribution in [3.8, 4) is 0 Å². The van der Waals surface area contributed by atoms with Crippen molar-refractivity contribution >= 4 is 21.8 Å². The number of allylic oxidation sites excluding steroid dienone is 1. The van der Waals surface area contributed by atoms with E-state index < -0.39 is 27.9 Å². The molecule has 7 heteroatoms. The SMILES string of the molecule is C=CCCCCCCCCC(=O)N1CC=C2[C@H]1[C@@H](CCC)C(=O)N2S(C)(=O)=O. The zero-order chi connectivity index (χ0) is 20.7. The van der Waals surface area contributed by atoms with Gasteiger partial charge in [-0.05, 0) is 31.8 Å². The van der Waals surface area contributed by atoms with E-state index >= 15 is 0 Å². The Morgan fingerprint density at radius 3 is 2.46 bits per heavy atom. The topological polar surface area (TPSA) is 74.8 Å². The second-order valence-electron chi connectivity index (χ2n) is 7.83. The fourth-order valence-corrected chi connectivity index (χ4v) is 5.27. The number of nitrogens with zero attached hydrogens (tertiary/aromatic N) is 2. The van der Waals surface area contributed by atoms with E-state index in [1.54, 1.807) is 11.0 Å². The van der Waals surface area contributed by atoms with Crippen molar-refractivity contribution in [1.29, 1.82) is 0 Å². The summed E-state index contributed by atoms with van der Waals surface area (Å²) in [6.45, 7) is 6.08. The smallest absolute Gasteiger partial charge is 0.246 e. The van der Waals surface area contributed by atoms with Gasteiger partial charge in [0.05, 0.1) is 23.9 Å². The Balaban J connectivity index is 1.90. The second kappa shape index (κ2) is 10.2. The summed E-state index contributed by atoms with van der Waals surface area (Å²) in [5, 5.41) is 0. The predicted octanol–water partition coefficient (Wildman–Crippen LogP) is 3.61. The average Bonchev–Trinajstić information content (AvgIpc) is 3.15. The van der Waals surface area contributed by atoms with E-state index in [9.17, 15) is 18.0 Å². The minimum absolute atomic E-state index is 0.0205. The van der Waals surface area contributed by atoms with E-state index in [4.69, 9.17) is 0 Å². The van der Waals surface area contributed by atoms with Gasteiger partial charge in [-0.2, -0.15) is 0 Å². The zero-order valence-corrected chi connectivity index (χ0v) is 18.0. The van der Waals surface area contributed by atoms with Gasteiger partial charge in [0.2, 0.25) is 21.8 Å². The first kappa shape index (κ1) is 22.7. The number of sulfonamides is 1.